The van der Waals surface area contributed by atoms with Crippen LogP contribution >= 0.6 is 0 Å². The zero-order chi connectivity index (χ0) is 12.3. The van der Waals surface area contributed by atoms with Crippen LogP contribution in [0.2, 0.25) is 0 Å². The molecular weight excluding hydrogens is 220 g/mol. The van der Waals surface area contributed by atoms with Crippen LogP contribution in [0.3, 0.4) is 0 Å². The Labute approximate surface area is 98.8 Å². The molecule has 0 aromatic carbocycles. The van der Waals surface area contributed by atoms with E-state index in [9.17, 15) is 0 Å². The highest BCUT2D eigenvalue weighted by Gasteiger charge is 2.12. The lowest BCUT2D eigenvalue weighted by Gasteiger charge is -2.16. The van der Waals surface area contributed by atoms with Gasteiger partial charge in [0, 0.05) is 7.11 Å². The Morgan fingerprint density at radius 2 is 2.35 bits per heavy atom. The van der Waals surface area contributed by atoms with Gasteiger partial charge in [-0.25, -0.2) is 0 Å². The van der Waals surface area contributed by atoms with Crippen molar-refractivity contribution in [1.82, 2.24) is 20.2 Å². The molecule has 2 heterocycles. The Bertz CT molecular complexity index is 497. The number of hydrogen-bond acceptors (Lipinski definition) is 6. The quantitative estimate of drug-likeness (QED) is 0.708. The van der Waals surface area contributed by atoms with Crippen LogP contribution in [0.1, 0.15) is 13.3 Å². The molecule has 0 radical (unpaired) electrons. The minimum atomic E-state index is 0.187. The Hall–Kier alpha value is -1.89. The zero-order valence-electron chi connectivity index (χ0n) is 9.90. The van der Waals surface area contributed by atoms with E-state index in [0.717, 1.165) is 11.8 Å². The second-order valence-electron chi connectivity index (χ2n) is 3.77. The van der Waals surface area contributed by atoms with E-state index in [1.54, 1.807) is 13.3 Å². The molecule has 2 aromatic heterocycles. The monoisotopic (exact) mass is 236 g/mol. The molecule has 0 fully saturated rings. The fraction of sp³-hybridized carbons (Fsp3) is 0.500. The van der Waals surface area contributed by atoms with Crippen molar-refractivity contribution in [1.29, 1.82) is 0 Å². The van der Waals surface area contributed by atoms with Crippen molar-refractivity contribution >= 4 is 22.8 Å². The molecule has 7 heteroatoms. The van der Waals surface area contributed by atoms with Crippen molar-refractivity contribution in [2.24, 2.45) is 0 Å². The highest BCUT2D eigenvalue weighted by Crippen LogP contribution is 2.19. The third kappa shape index (κ3) is 2.44. The maximum absolute atomic E-state index is 5.63. The van der Waals surface area contributed by atoms with Gasteiger partial charge in [-0.15, -0.1) is 0 Å². The van der Waals surface area contributed by atoms with Crippen molar-refractivity contribution in [3.63, 3.8) is 0 Å². The summed E-state index contributed by atoms with van der Waals surface area (Å²) in [5.41, 5.74) is 6.27. The van der Waals surface area contributed by atoms with Gasteiger partial charge < -0.3 is 15.8 Å². The molecule has 1 unspecified atom stereocenters. The van der Waals surface area contributed by atoms with Gasteiger partial charge >= 0.3 is 0 Å². The average molecular weight is 236 g/mol. The smallest absolute Gasteiger partial charge is 0.224 e. The molecule has 0 spiro atoms. The van der Waals surface area contributed by atoms with Gasteiger partial charge in [-0.05, 0) is 6.42 Å². The normalized spacial score (nSPS) is 12.8. The van der Waals surface area contributed by atoms with Gasteiger partial charge in [0.2, 0.25) is 5.95 Å². The fourth-order valence-corrected chi connectivity index (χ4v) is 1.62. The topological polar surface area (TPSA) is 102 Å². The summed E-state index contributed by atoms with van der Waals surface area (Å²) in [6.07, 6.45) is 2.60. The van der Waals surface area contributed by atoms with Crippen LogP contribution < -0.4 is 11.1 Å². The molecule has 0 aliphatic heterocycles. The molecule has 0 aliphatic carbocycles. The van der Waals surface area contributed by atoms with Crippen LogP contribution in [0.4, 0.5) is 11.8 Å². The van der Waals surface area contributed by atoms with E-state index in [2.05, 4.69) is 32.4 Å². The van der Waals surface area contributed by atoms with Crippen molar-refractivity contribution < 1.29 is 4.74 Å². The number of rotatable bonds is 5. The first-order valence-corrected chi connectivity index (χ1v) is 5.46. The second kappa shape index (κ2) is 4.96. The largest absolute Gasteiger partial charge is 0.383 e. The van der Waals surface area contributed by atoms with E-state index < -0.39 is 0 Å². The number of ether oxygens (including phenoxy) is 1. The molecule has 0 aliphatic rings. The van der Waals surface area contributed by atoms with Crippen LogP contribution in [-0.4, -0.2) is 39.9 Å². The zero-order valence-corrected chi connectivity index (χ0v) is 9.90. The van der Waals surface area contributed by atoms with Gasteiger partial charge in [0.1, 0.15) is 5.82 Å². The highest BCUT2D eigenvalue weighted by atomic mass is 16.5. The number of H-pyrrole nitrogens is 1. The average Bonchev–Trinajstić information content (AvgIpc) is 2.76. The summed E-state index contributed by atoms with van der Waals surface area (Å²) in [5.74, 6) is 0.904. The number of nitrogens with zero attached hydrogens (tertiary/aromatic N) is 3. The van der Waals surface area contributed by atoms with E-state index in [4.69, 9.17) is 10.5 Å². The predicted molar refractivity (Wildman–Crippen MR) is 65.7 cm³/mol. The van der Waals surface area contributed by atoms with Gasteiger partial charge in [-0.3, -0.25) is 5.10 Å². The molecule has 0 saturated carbocycles. The maximum atomic E-state index is 5.63. The first kappa shape index (κ1) is 11.6. The number of fused-ring (bicyclic) bond motifs is 1. The van der Waals surface area contributed by atoms with E-state index in [-0.39, 0.29) is 12.0 Å². The number of nitrogens with two attached hydrogens (primary N) is 1. The van der Waals surface area contributed by atoms with Crippen molar-refractivity contribution in [3.8, 4) is 0 Å². The number of methoxy groups -OCH3 is 1. The molecule has 92 valence electrons. The minimum absolute atomic E-state index is 0.187. The van der Waals surface area contributed by atoms with Crippen LogP contribution in [0.25, 0.3) is 11.0 Å². The Morgan fingerprint density at radius 1 is 1.53 bits per heavy atom. The molecule has 2 rings (SSSR count). The van der Waals surface area contributed by atoms with Gasteiger partial charge in [0.05, 0.1) is 24.2 Å². The van der Waals surface area contributed by atoms with Crippen LogP contribution in [-0.2, 0) is 4.74 Å². The third-order valence-electron chi connectivity index (χ3n) is 2.53. The summed E-state index contributed by atoms with van der Waals surface area (Å²) >= 11 is 0. The lowest BCUT2D eigenvalue weighted by atomic mass is 10.2. The molecule has 4 N–H and O–H groups in total. The Morgan fingerprint density at radius 3 is 3.06 bits per heavy atom. The summed E-state index contributed by atoms with van der Waals surface area (Å²) in [6.45, 7) is 2.69. The van der Waals surface area contributed by atoms with Gasteiger partial charge in [-0.2, -0.15) is 15.1 Å². The first-order valence-electron chi connectivity index (χ1n) is 5.46. The predicted octanol–water partition coefficient (Wildman–Crippen LogP) is 0.772. The summed E-state index contributed by atoms with van der Waals surface area (Å²) in [4.78, 5) is 8.24. The van der Waals surface area contributed by atoms with Crippen LogP contribution in [0, 0.1) is 0 Å². The summed E-state index contributed by atoms with van der Waals surface area (Å²) in [5, 5.41) is 10.8. The summed E-state index contributed by atoms with van der Waals surface area (Å²) in [7, 11) is 1.67. The van der Waals surface area contributed by atoms with E-state index in [1.807, 2.05) is 0 Å². The summed E-state index contributed by atoms with van der Waals surface area (Å²) < 4.78 is 5.13. The van der Waals surface area contributed by atoms with E-state index >= 15 is 0 Å². The Balaban J connectivity index is 2.30. The first-order chi connectivity index (χ1) is 8.24. The van der Waals surface area contributed by atoms with Crippen LogP contribution in [0.15, 0.2) is 6.20 Å². The number of aromatic nitrogens is 4. The van der Waals surface area contributed by atoms with Gasteiger partial charge in [-0.1, -0.05) is 6.92 Å². The molecule has 2 aromatic rings. The third-order valence-corrected chi connectivity index (χ3v) is 2.53. The number of aromatic amines is 1. The van der Waals surface area contributed by atoms with Crippen molar-refractivity contribution in [3.05, 3.63) is 6.20 Å². The molecule has 0 bridgehead atoms. The van der Waals surface area contributed by atoms with Crippen molar-refractivity contribution in [2.75, 3.05) is 24.8 Å². The minimum Gasteiger partial charge on any atom is -0.383 e. The fourth-order valence-electron chi connectivity index (χ4n) is 1.62. The number of anilines is 2. The number of nitrogens with one attached hydrogen (secondary N) is 2. The summed E-state index contributed by atoms with van der Waals surface area (Å²) in [6, 6.07) is 0.187. The lowest BCUT2D eigenvalue weighted by Crippen LogP contribution is -2.24. The standard InChI is InChI=1S/C10H16N6O/c1-3-6(5-17-2)13-8-7-4-12-16-9(7)15-10(11)14-8/h4,6H,3,5H2,1-2H3,(H4,11,12,13,14,15,16). The molecular formula is C10H16N6O. The van der Waals surface area contributed by atoms with Crippen molar-refractivity contribution in [2.45, 2.75) is 19.4 Å². The lowest BCUT2D eigenvalue weighted by molar-refractivity contribution is 0.184. The molecule has 17 heavy (non-hydrogen) atoms. The van der Waals surface area contributed by atoms with E-state index in [1.165, 1.54) is 0 Å². The number of nitrogen functional groups attached to an aromatic ring is 1. The molecule has 7 nitrogen and oxygen atoms in total. The van der Waals surface area contributed by atoms with Gasteiger partial charge in [0.15, 0.2) is 5.65 Å². The molecule has 1 atom stereocenters. The molecule has 0 saturated heterocycles. The van der Waals surface area contributed by atoms with Crippen LogP contribution in [0.5, 0.6) is 0 Å². The van der Waals surface area contributed by atoms with E-state index in [0.29, 0.717) is 18.1 Å². The maximum Gasteiger partial charge on any atom is 0.224 e. The highest BCUT2D eigenvalue weighted by molar-refractivity contribution is 5.86. The Kier molecular flexibility index (Phi) is 3.38. The van der Waals surface area contributed by atoms with Gasteiger partial charge in [0.25, 0.3) is 0 Å². The molecule has 0 amide bonds. The SMILES string of the molecule is CCC(COC)Nc1nc(N)nc2[nH]ncc12. The number of hydrogen-bond donors (Lipinski definition) is 3. The second-order valence-corrected chi connectivity index (χ2v) is 3.77.